The monoisotopic (exact) mass is 552 g/mol. The Morgan fingerprint density at radius 2 is 2.11 bits per heavy atom. The number of thioether (sulfide) groups is 1. The second kappa shape index (κ2) is 11.6. The molecule has 1 atom stereocenters. The van der Waals surface area contributed by atoms with E-state index in [0.717, 1.165) is 29.7 Å². The maximum atomic E-state index is 13.3. The van der Waals surface area contributed by atoms with E-state index in [1.165, 1.54) is 41.3 Å². The van der Waals surface area contributed by atoms with Crippen molar-refractivity contribution in [2.45, 2.75) is 57.8 Å². The van der Waals surface area contributed by atoms with Gasteiger partial charge in [0.2, 0.25) is 5.91 Å². The van der Waals surface area contributed by atoms with E-state index in [1.54, 1.807) is 13.8 Å². The topological polar surface area (TPSA) is 95.3 Å². The first-order valence-electron chi connectivity index (χ1n) is 11.6. The number of nitrogens with one attached hydrogen (secondary N) is 1. The minimum absolute atomic E-state index is 0.0853. The molecule has 192 valence electrons. The van der Waals surface area contributed by atoms with Crippen LogP contribution >= 0.6 is 34.7 Å². The fourth-order valence-corrected chi connectivity index (χ4v) is 6.34. The molecule has 8 nitrogen and oxygen atoms in total. The van der Waals surface area contributed by atoms with Crippen LogP contribution in [0.3, 0.4) is 0 Å². The molecule has 2 heterocycles. The average molecular weight is 553 g/mol. The van der Waals surface area contributed by atoms with Gasteiger partial charge in [-0.05, 0) is 63.8 Å². The second-order valence-corrected chi connectivity index (χ2v) is 10.5. The fourth-order valence-electron chi connectivity index (χ4n) is 4.02. The summed E-state index contributed by atoms with van der Waals surface area (Å²) < 4.78 is 26.3. The highest BCUT2D eigenvalue weighted by molar-refractivity contribution is 7.99. The number of aromatic nitrogens is 3. The Labute approximate surface area is 221 Å². The van der Waals surface area contributed by atoms with Crippen molar-refractivity contribution in [3.8, 4) is 5.75 Å². The lowest BCUT2D eigenvalue weighted by molar-refractivity contribution is -0.113. The second-order valence-electron chi connectivity index (χ2n) is 8.04. The predicted molar refractivity (Wildman–Crippen MR) is 138 cm³/mol. The first-order chi connectivity index (χ1) is 17.3. The predicted octanol–water partition coefficient (Wildman–Crippen LogP) is 5.69. The quantitative estimate of drug-likeness (QED) is 0.255. The van der Waals surface area contributed by atoms with E-state index < -0.39 is 17.9 Å². The SMILES string of the molecule is CCOC(=O)c1c(NC(=O)CSc2nnc(C(C)Oc3ccc(F)cc3Cl)n2CC)sc2c1CCC2. The van der Waals surface area contributed by atoms with Crippen molar-refractivity contribution in [3.63, 3.8) is 0 Å². The summed E-state index contributed by atoms with van der Waals surface area (Å²) in [4.78, 5) is 26.5. The number of fused-ring (bicyclic) bond motifs is 1. The van der Waals surface area contributed by atoms with Gasteiger partial charge in [-0.3, -0.25) is 4.79 Å². The maximum Gasteiger partial charge on any atom is 0.341 e. The number of carbonyl (C=O) groups excluding carboxylic acids is 2. The highest BCUT2D eigenvalue weighted by atomic mass is 35.5. The molecule has 2 aromatic heterocycles. The summed E-state index contributed by atoms with van der Waals surface area (Å²) in [5.41, 5.74) is 1.48. The Morgan fingerprint density at radius 1 is 1.31 bits per heavy atom. The zero-order valence-electron chi connectivity index (χ0n) is 20.1. The molecule has 0 saturated carbocycles. The minimum Gasteiger partial charge on any atom is -0.481 e. The molecule has 0 saturated heterocycles. The summed E-state index contributed by atoms with van der Waals surface area (Å²) in [5, 5.41) is 12.6. The largest absolute Gasteiger partial charge is 0.481 e. The molecule has 0 radical (unpaired) electrons. The molecule has 0 aliphatic heterocycles. The number of thiophene rings is 1. The average Bonchev–Trinajstić information content (AvgIpc) is 3.53. The van der Waals surface area contributed by atoms with E-state index in [9.17, 15) is 14.0 Å². The highest BCUT2D eigenvalue weighted by Crippen LogP contribution is 2.39. The van der Waals surface area contributed by atoms with Crippen molar-refractivity contribution in [3.05, 3.63) is 50.9 Å². The molecule has 0 fully saturated rings. The Hall–Kier alpha value is -2.63. The Balaban J connectivity index is 1.42. The molecule has 1 unspecified atom stereocenters. The van der Waals surface area contributed by atoms with Crippen molar-refractivity contribution >= 4 is 51.6 Å². The molecule has 1 amide bonds. The fraction of sp³-hybridized carbons (Fsp3) is 0.417. The summed E-state index contributed by atoms with van der Waals surface area (Å²) in [6.07, 6.45) is 2.21. The smallest absolute Gasteiger partial charge is 0.341 e. The number of rotatable bonds is 10. The van der Waals surface area contributed by atoms with E-state index >= 15 is 0 Å². The van der Waals surface area contributed by atoms with Gasteiger partial charge in [0, 0.05) is 11.4 Å². The molecular formula is C24H26ClFN4O4S2. The van der Waals surface area contributed by atoms with Crippen molar-refractivity contribution in [1.29, 1.82) is 0 Å². The van der Waals surface area contributed by atoms with Gasteiger partial charge in [-0.25, -0.2) is 9.18 Å². The summed E-state index contributed by atoms with van der Waals surface area (Å²) in [7, 11) is 0. The number of halogens is 2. The first-order valence-corrected chi connectivity index (χ1v) is 13.8. The zero-order chi connectivity index (χ0) is 25.8. The van der Waals surface area contributed by atoms with Gasteiger partial charge in [0.05, 0.1) is 22.9 Å². The van der Waals surface area contributed by atoms with Gasteiger partial charge in [-0.15, -0.1) is 21.5 Å². The molecule has 1 aliphatic rings. The van der Waals surface area contributed by atoms with Crippen LogP contribution < -0.4 is 10.1 Å². The van der Waals surface area contributed by atoms with Crippen LogP contribution in [0.4, 0.5) is 9.39 Å². The van der Waals surface area contributed by atoms with Crippen LogP contribution in [0.5, 0.6) is 5.75 Å². The lowest BCUT2D eigenvalue weighted by Gasteiger charge is -2.16. The molecule has 36 heavy (non-hydrogen) atoms. The standard InChI is InChI=1S/C24H26ClFN4O4S2/c1-4-30-21(13(3)34-17-10-9-14(26)11-16(17)25)28-29-24(30)35-12-19(31)27-22-20(23(32)33-5-2)15-7-6-8-18(15)36-22/h9-11,13H,4-8,12H2,1-3H3,(H,27,31). The van der Waals surface area contributed by atoms with Gasteiger partial charge < -0.3 is 19.4 Å². The Morgan fingerprint density at radius 3 is 2.83 bits per heavy atom. The maximum absolute atomic E-state index is 13.3. The number of amides is 1. The zero-order valence-corrected chi connectivity index (χ0v) is 22.5. The number of esters is 1. The molecule has 4 rings (SSSR count). The van der Waals surface area contributed by atoms with Crippen molar-refractivity contribution in [2.75, 3.05) is 17.7 Å². The van der Waals surface area contributed by atoms with Gasteiger partial charge in [-0.2, -0.15) is 0 Å². The van der Waals surface area contributed by atoms with Crippen LogP contribution in [-0.4, -0.2) is 39.0 Å². The van der Waals surface area contributed by atoms with Gasteiger partial charge in [0.25, 0.3) is 0 Å². The van der Waals surface area contributed by atoms with Crippen molar-refractivity contribution in [1.82, 2.24) is 14.8 Å². The van der Waals surface area contributed by atoms with E-state index in [2.05, 4.69) is 15.5 Å². The molecule has 0 spiro atoms. The van der Waals surface area contributed by atoms with E-state index in [4.69, 9.17) is 21.1 Å². The first kappa shape index (κ1) is 26.4. The third kappa shape index (κ3) is 5.68. The van der Waals surface area contributed by atoms with E-state index in [0.29, 0.717) is 33.8 Å². The normalized spacial score (nSPS) is 13.4. The number of hydrogen-bond acceptors (Lipinski definition) is 8. The van der Waals surface area contributed by atoms with Crippen LogP contribution in [0.1, 0.15) is 59.9 Å². The third-order valence-corrected chi connectivity index (χ3v) is 8.08. The molecule has 1 aromatic carbocycles. The van der Waals surface area contributed by atoms with Gasteiger partial charge in [0.15, 0.2) is 17.1 Å². The number of aryl methyl sites for hydroxylation is 1. The molecular weight excluding hydrogens is 527 g/mol. The van der Waals surface area contributed by atoms with Crippen LogP contribution in [0.2, 0.25) is 5.02 Å². The van der Waals surface area contributed by atoms with E-state index in [1.807, 2.05) is 11.5 Å². The van der Waals surface area contributed by atoms with Gasteiger partial charge >= 0.3 is 5.97 Å². The number of benzene rings is 1. The lowest BCUT2D eigenvalue weighted by atomic mass is 10.1. The van der Waals surface area contributed by atoms with Crippen LogP contribution in [0, 0.1) is 5.82 Å². The van der Waals surface area contributed by atoms with Gasteiger partial charge in [-0.1, -0.05) is 23.4 Å². The van der Waals surface area contributed by atoms with Gasteiger partial charge in [0.1, 0.15) is 16.6 Å². The van der Waals surface area contributed by atoms with Crippen molar-refractivity contribution in [2.24, 2.45) is 0 Å². The summed E-state index contributed by atoms with van der Waals surface area (Å²) in [5.74, 6) is -0.118. The van der Waals surface area contributed by atoms with E-state index in [-0.39, 0.29) is 23.3 Å². The number of nitrogens with zero attached hydrogens (tertiary/aromatic N) is 3. The Kier molecular flexibility index (Phi) is 8.53. The highest BCUT2D eigenvalue weighted by Gasteiger charge is 2.28. The van der Waals surface area contributed by atoms with Crippen LogP contribution in [0.25, 0.3) is 0 Å². The number of hydrogen-bond donors (Lipinski definition) is 1. The summed E-state index contributed by atoms with van der Waals surface area (Å²) in [6, 6.07) is 3.92. The summed E-state index contributed by atoms with van der Waals surface area (Å²) >= 11 is 8.76. The molecule has 0 bridgehead atoms. The third-order valence-electron chi connectivity index (χ3n) is 5.61. The molecule has 3 aromatic rings. The summed E-state index contributed by atoms with van der Waals surface area (Å²) in [6.45, 7) is 6.33. The van der Waals surface area contributed by atoms with Crippen LogP contribution in [-0.2, 0) is 28.9 Å². The Bertz CT molecular complexity index is 1280. The van der Waals surface area contributed by atoms with Crippen LogP contribution in [0.15, 0.2) is 23.4 Å². The molecule has 1 aliphatic carbocycles. The molecule has 12 heteroatoms. The number of anilines is 1. The minimum atomic E-state index is -0.510. The molecule has 1 N–H and O–H groups in total. The number of ether oxygens (including phenoxy) is 2. The lowest BCUT2D eigenvalue weighted by Crippen LogP contribution is -2.17. The number of carbonyl (C=O) groups is 2. The van der Waals surface area contributed by atoms with Crippen molar-refractivity contribution < 1.29 is 23.5 Å².